The first-order valence-corrected chi connectivity index (χ1v) is 13.6. The summed E-state index contributed by atoms with van der Waals surface area (Å²) in [7, 11) is 1.45. The molecule has 1 unspecified atom stereocenters. The summed E-state index contributed by atoms with van der Waals surface area (Å²) in [4.78, 5) is 23.5. The minimum atomic E-state index is -0.678. The third kappa shape index (κ3) is 5.12. The Morgan fingerprint density at radius 1 is 1.20 bits per heavy atom. The summed E-state index contributed by atoms with van der Waals surface area (Å²) in [5.41, 5.74) is -0.415. The lowest BCUT2D eigenvalue weighted by Crippen LogP contribution is -2.55. The van der Waals surface area contributed by atoms with Crippen LogP contribution >= 0.6 is 0 Å². The molecule has 214 valence electrons. The minimum Gasteiger partial charge on any atom is -0.488 e. The first-order valence-electron chi connectivity index (χ1n) is 13.6. The maximum atomic E-state index is 15.3. The van der Waals surface area contributed by atoms with Crippen LogP contribution in [0.1, 0.15) is 46.0 Å². The van der Waals surface area contributed by atoms with Crippen LogP contribution in [0.2, 0.25) is 0 Å². The monoisotopic (exact) mass is 557 g/mol. The Hall–Kier alpha value is -3.65. The number of nitrogens with one attached hydrogen (secondary N) is 2. The standard InChI is InChI=1S/C26H33F2N9O3/c1-26(2)12-15(9-16-5-4-7-36(16)26)30-23-19(28)13-29-24(32-23)31-20-11-21(37-25(38)35(3)33-34-37)22(10-18(20)27)40-14-17-6-8-39-17/h10-11,13,15-17H,4-9,12,14H2,1-3H3,(H2,29,30,31,32)/t15-,16+,17?/m1/s1. The fraction of sp³-hybridized carbons (Fsp3) is 0.577. The van der Waals surface area contributed by atoms with E-state index in [0.717, 1.165) is 53.9 Å². The van der Waals surface area contributed by atoms with E-state index >= 15 is 4.39 Å². The first kappa shape index (κ1) is 26.6. The number of piperidine rings is 1. The molecule has 3 fully saturated rings. The molecule has 0 aliphatic carbocycles. The smallest absolute Gasteiger partial charge is 0.368 e. The van der Waals surface area contributed by atoms with Gasteiger partial charge in [-0.15, -0.1) is 0 Å². The number of fused-ring (bicyclic) bond motifs is 1. The number of anilines is 3. The van der Waals surface area contributed by atoms with Gasteiger partial charge < -0.3 is 20.1 Å². The fourth-order valence-corrected chi connectivity index (χ4v) is 5.95. The SMILES string of the molecule is Cn1nnn(-c2cc(Nc3ncc(F)c(N[C@@H]4C[C@@H]5CCCN5C(C)(C)C4)n3)c(F)cc2OCC2CCO2)c1=O. The number of aryl methyl sites for hydroxylation is 1. The molecule has 1 aromatic carbocycles. The normalized spacial score (nSPS) is 23.9. The lowest BCUT2D eigenvalue weighted by Gasteiger charge is -2.47. The van der Waals surface area contributed by atoms with Crippen molar-refractivity contribution in [3.63, 3.8) is 0 Å². The van der Waals surface area contributed by atoms with Crippen LogP contribution in [0.15, 0.2) is 23.1 Å². The molecule has 5 heterocycles. The molecule has 0 radical (unpaired) electrons. The Morgan fingerprint density at radius 2 is 2.02 bits per heavy atom. The molecule has 6 rings (SSSR count). The van der Waals surface area contributed by atoms with Crippen LogP contribution in [0.3, 0.4) is 0 Å². The number of rotatable bonds is 8. The maximum absolute atomic E-state index is 15.3. The predicted octanol–water partition coefficient (Wildman–Crippen LogP) is 2.76. The maximum Gasteiger partial charge on any atom is 0.368 e. The van der Waals surface area contributed by atoms with Gasteiger partial charge in [0.25, 0.3) is 0 Å². The van der Waals surface area contributed by atoms with Crippen LogP contribution in [-0.2, 0) is 11.8 Å². The summed E-state index contributed by atoms with van der Waals surface area (Å²) in [5.74, 6) is -1.12. The van der Waals surface area contributed by atoms with E-state index in [1.165, 1.54) is 19.5 Å². The lowest BCUT2D eigenvalue weighted by molar-refractivity contribution is -0.0721. The molecule has 3 saturated heterocycles. The molecule has 3 aliphatic heterocycles. The van der Waals surface area contributed by atoms with Crippen LogP contribution in [0.4, 0.5) is 26.2 Å². The number of ether oxygens (including phenoxy) is 2. The van der Waals surface area contributed by atoms with Gasteiger partial charge in [0.05, 0.1) is 18.0 Å². The summed E-state index contributed by atoms with van der Waals surface area (Å²) in [5, 5.41) is 13.7. The van der Waals surface area contributed by atoms with E-state index < -0.39 is 17.3 Å². The zero-order valence-corrected chi connectivity index (χ0v) is 22.7. The largest absolute Gasteiger partial charge is 0.488 e. The van der Waals surface area contributed by atoms with Gasteiger partial charge in [0.1, 0.15) is 18.0 Å². The van der Waals surface area contributed by atoms with Gasteiger partial charge in [0, 0.05) is 43.8 Å². The van der Waals surface area contributed by atoms with Crippen LogP contribution in [0, 0.1) is 11.6 Å². The molecule has 0 spiro atoms. The highest BCUT2D eigenvalue weighted by molar-refractivity contribution is 5.63. The van der Waals surface area contributed by atoms with Gasteiger partial charge in [-0.3, -0.25) is 4.90 Å². The zero-order chi connectivity index (χ0) is 28.0. The van der Waals surface area contributed by atoms with Crippen molar-refractivity contribution in [1.82, 2.24) is 34.7 Å². The number of halogens is 2. The Morgan fingerprint density at radius 3 is 2.75 bits per heavy atom. The molecule has 40 heavy (non-hydrogen) atoms. The third-order valence-corrected chi connectivity index (χ3v) is 8.01. The second kappa shape index (κ2) is 10.4. The molecule has 3 aromatic rings. The zero-order valence-electron chi connectivity index (χ0n) is 22.7. The van der Waals surface area contributed by atoms with E-state index in [1.54, 1.807) is 0 Å². The Balaban J connectivity index is 1.25. The van der Waals surface area contributed by atoms with Crippen molar-refractivity contribution in [2.24, 2.45) is 7.05 Å². The average molecular weight is 558 g/mol. The summed E-state index contributed by atoms with van der Waals surface area (Å²) in [6, 6.07) is 3.00. The van der Waals surface area contributed by atoms with Gasteiger partial charge in [0.2, 0.25) is 5.95 Å². The molecular formula is C26H33F2N9O3. The fourth-order valence-electron chi connectivity index (χ4n) is 5.95. The molecule has 0 saturated carbocycles. The van der Waals surface area contributed by atoms with Crippen LogP contribution in [0.25, 0.3) is 5.69 Å². The van der Waals surface area contributed by atoms with E-state index in [9.17, 15) is 9.18 Å². The van der Waals surface area contributed by atoms with E-state index in [-0.39, 0.29) is 53.2 Å². The highest BCUT2D eigenvalue weighted by Gasteiger charge is 2.43. The molecule has 2 aromatic heterocycles. The van der Waals surface area contributed by atoms with Crippen molar-refractivity contribution in [2.45, 2.75) is 69.7 Å². The predicted molar refractivity (Wildman–Crippen MR) is 142 cm³/mol. The van der Waals surface area contributed by atoms with Gasteiger partial charge in [-0.05, 0) is 62.6 Å². The van der Waals surface area contributed by atoms with Crippen molar-refractivity contribution in [3.05, 3.63) is 40.4 Å². The summed E-state index contributed by atoms with van der Waals surface area (Å²) in [6.45, 7) is 6.37. The van der Waals surface area contributed by atoms with Crippen LogP contribution < -0.4 is 21.1 Å². The number of benzene rings is 1. The second-order valence-electron chi connectivity index (χ2n) is 11.3. The van der Waals surface area contributed by atoms with Gasteiger partial charge in [-0.2, -0.15) is 14.3 Å². The third-order valence-electron chi connectivity index (χ3n) is 8.01. The second-order valence-corrected chi connectivity index (χ2v) is 11.3. The molecule has 0 amide bonds. The van der Waals surface area contributed by atoms with Crippen molar-refractivity contribution in [2.75, 3.05) is 30.4 Å². The first-order chi connectivity index (χ1) is 19.2. The number of aromatic nitrogens is 6. The molecule has 0 bridgehead atoms. The van der Waals surface area contributed by atoms with Crippen LogP contribution in [0.5, 0.6) is 5.75 Å². The van der Waals surface area contributed by atoms with E-state index in [2.05, 4.69) is 49.8 Å². The van der Waals surface area contributed by atoms with E-state index in [4.69, 9.17) is 9.47 Å². The van der Waals surface area contributed by atoms with Crippen LogP contribution in [-0.4, -0.2) is 78.1 Å². The Kier molecular flexibility index (Phi) is 6.90. The van der Waals surface area contributed by atoms with E-state index in [1.807, 2.05) is 0 Å². The summed E-state index contributed by atoms with van der Waals surface area (Å²) in [6.07, 6.45) is 5.82. The lowest BCUT2D eigenvalue weighted by atomic mass is 9.84. The average Bonchev–Trinajstić information content (AvgIpc) is 3.49. The van der Waals surface area contributed by atoms with Crippen molar-refractivity contribution < 1.29 is 18.3 Å². The van der Waals surface area contributed by atoms with Gasteiger partial charge in [-0.1, -0.05) is 0 Å². The van der Waals surface area contributed by atoms with Gasteiger partial charge >= 0.3 is 5.69 Å². The molecule has 12 nitrogen and oxygen atoms in total. The molecule has 3 atom stereocenters. The number of tetrazole rings is 1. The van der Waals surface area contributed by atoms with Crippen molar-refractivity contribution >= 4 is 17.5 Å². The highest BCUT2D eigenvalue weighted by atomic mass is 19.1. The summed E-state index contributed by atoms with van der Waals surface area (Å²) < 4.78 is 43.3. The molecular weight excluding hydrogens is 524 g/mol. The number of hydrogen-bond acceptors (Lipinski definition) is 10. The van der Waals surface area contributed by atoms with Crippen molar-refractivity contribution in [3.8, 4) is 11.4 Å². The topological polar surface area (TPSA) is 124 Å². The van der Waals surface area contributed by atoms with Crippen molar-refractivity contribution in [1.29, 1.82) is 0 Å². The Bertz CT molecular complexity index is 1460. The Labute approximate surface area is 229 Å². The van der Waals surface area contributed by atoms with E-state index in [0.29, 0.717) is 12.6 Å². The van der Waals surface area contributed by atoms with Gasteiger partial charge in [-0.25, -0.2) is 18.6 Å². The molecule has 3 aliphatic rings. The quantitative estimate of drug-likeness (QED) is 0.427. The number of nitrogens with zero attached hydrogens (tertiary/aromatic N) is 7. The van der Waals surface area contributed by atoms with Gasteiger partial charge in [0.15, 0.2) is 17.5 Å². The summed E-state index contributed by atoms with van der Waals surface area (Å²) >= 11 is 0. The minimum absolute atomic E-state index is 0.00524. The molecule has 2 N–H and O–H groups in total. The highest BCUT2D eigenvalue weighted by Crippen LogP contribution is 2.39. The number of hydrogen-bond donors (Lipinski definition) is 2. The molecule has 14 heteroatoms.